The van der Waals surface area contributed by atoms with Crippen LogP contribution in [0, 0.1) is 6.92 Å². The van der Waals surface area contributed by atoms with Gasteiger partial charge < -0.3 is 15.2 Å². The summed E-state index contributed by atoms with van der Waals surface area (Å²) in [5.41, 5.74) is 2.96. The number of rotatable bonds is 9. The highest BCUT2D eigenvalue weighted by molar-refractivity contribution is 5.92. The summed E-state index contributed by atoms with van der Waals surface area (Å²) in [5.74, 6) is 0.118. The Morgan fingerprint density at radius 3 is 2.83 bits per heavy atom. The molecule has 0 saturated carbocycles. The second-order valence-electron chi connectivity index (χ2n) is 5.55. The average Bonchev–Trinajstić information content (AvgIpc) is 2.51. The van der Waals surface area contributed by atoms with Crippen LogP contribution in [0.25, 0.3) is 10.9 Å². The van der Waals surface area contributed by atoms with Crippen molar-refractivity contribution in [3.05, 3.63) is 30.0 Å². The molecule has 0 fully saturated rings. The number of fused-ring (bicyclic) bond motifs is 1. The van der Waals surface area contributed by atoms with E-state index in [1.807, 2.05) is 38.1 Å². The fourth-order valence-corrected chi connectivity index (χ4v) is 2.54. The number of aryl methyl sites for hydroxylation is 1. The number of nitrogens with zero attached hydrogens (tertiary/aromatic N) is 1. The van der Waals surface area contributed by atoms with Gasteiger partial charge in [0.2, 0.25) is 0 Å². The van der Waals surface area contributed by atoms with Crippen molar-refractivity contribution in [3.8, 4) is 5.75 Å². The molecule has 0 aliphatic carbocycles. The Hall–Kier alpha value is -2.30. The van der Waals surface area contributed by atoms with E-state index in [1.165, 1.54) is 0 Å². The van der Waals surface area contributed by atoms with Gasteiger partial charge in [0.1, 0.15) is 5.75 Å². The lowest BCUT2D eigenvalue weighted by molar-refractivity contribution is -0.137. The van der Waals surface area contributed by atoms with Gasteiger partial charge in [-0.15, -0.1) is 0 Å². The second-order valence-corrected chi connectivity index (χ2v) is 5.55. The van der Waals surface area contributed by atoms with Gasteiger partial charge in [0.05, 0.1) is 12.1 Å². The first kappa shape index (κ1) is 17.1. The van der Waals surface area contributed by atoms with E-state index in [9.17, 15) is 4.79 Å². The molecule has 1 aromatic heterocycles. The first-order valence-electron chi connectivity index (χ1n) is 8.10. The first-order valence-corrected chi connectivity index (χ1v) is 8.10. The summed E-state index contributed by atoms with van der Waals surface area (Å²) in [4.78, 5) is 15.0. The lowest BCUT2D eigenvalue weighted by Crippen LogP contribution is -2.04. The highest BCUT2D eigenvalue weighted by Gasteiger charge is 2.06. The number of carboxylic acids is 1. The summed E-state index contributed by atoms with van der Waals surface area (Å²) in [6, 6.07) is 7.96. The predicted octanol–water partition coefficient (Wildman–Crippen LogP) is 4.00. The van der Waals surface area contributed by atoms with Crippen molar-refractivity contribution in [2.75, 3.05) is 18.5 Å². The van der Waals surface area contributed by atoms with Crippen molar-refractivity contribution < 1.29 is 14.6 Å². The minimum absolute atomic E-state index is 0.245. The first-order chi connectivity index (χ1) is 11.1. The Morgan fingerprint density at radius 1 is 1.26 bits per heavy atom. The molecular weight excluding hydrogens is 292 g/mol. The van der Waals surface area contributed by atoms with E-state index in [0.717, 1.165) is 53.8 Å². The highest BCUT2D eigenvalue weighted by Crippen LogP contribution is 2.27. The van der Waals surface area contributed by atoms with Gasteiger partial charge in [-0.1, -0.05) is 6.42 Å². The van der Waals surface area contributed by atoms with E-state index >= 15 is 0 Å². The van der Waals surface area contributed by atoms with Crippen LogP contribution in [0.4, 0.5) is 5.69 Å². The van der Waals surface area contributed by atoms with Crippen molar-refractivity contribution in [1.29, 1.82) is 0 Å². The monoisotopic (exact) mass is 316 g/mol. The minimum Gasteiger partial charge on any atom is -0.494 e. The van der Waals surface area contributed by atoms with Crippen LogP contribution in [-0.2, 0) is 4.79 Å². The van der Waals surface area contributed by atoms with Crippen molar-refractivity contribution in [3.63, 3.8) is 0 Å². The molecule has 0 spiro atoms. The number of nitrogens with one attached hydrogen (secondary N) is 1. The molecule has 5 heteroatoms. The molecule has 0 aliphatic heterocycles. The zero-order valence-corrected chi connectivity index (χ0v) is 13.8. The van der Waals surface area contributed by atoms with E-state index < -0.39 is 5.97 Å². The molecule has 0 atom stereocenters. The van der Waals surface area contributed by atoms with Crippen molar-refractivity contribution in [2.24, 2.45) is 0 Å². The van der Waals surface area contributed by atoms with Crippen LogP contribution < -0.4 is 10.1 Å². The SMILES string of the molecule is CCOc1ccc2nc(C)cc(NCCCCCC(=O)O)c2c1. The molecule has 0 unspecified atom stereocenters. The van der Waals surface area contributed by atoms with Crippen LogP contribution in [0.1, 0.15) is 38.3 Å². The van der Waals surface area contributed by atoms with E-state index in [-0.39, 0.29) is 6.42 Å². The van der Waals surface area contributed by atoms with Crippen LogP contribution >= 0.6 is 0 Å². The third-order valence-corrected chi connectivity index (χ3v) is 3.60. The zero-order valence-electron chi connectivity index (χ0n) is 13.8. The smallest absolute Gasteiger partial charge is 0.303 e. The van der Waals surface area contributed by atoms with Gasteiger partial charge in [-0.3, -0.25) is 9.78 Å². The van der Waals surface area contributed by atoms with Crippen LogP contribution in [-0.4, -0.2) is 29.2 Å². The fraction of sp³-hybridized carbons (Fsp3) is 0.444. The molecule has 124 valence electrons. The third-order valence-electron chi connectivity index (χ3n) is 3.60. The maximum absolute atomic E-state index is 10.5. The Labute approximate surface area is 136 Å². The molecule has 1 heterocycles. The van der Waals surface area contributed by atoms with E-state index in [1.54, 1.807) is 0 Å². The van der Waals surface area contributed by atoms with Gasteiger partial charge in [0.15, 0.2) is 0 Å². The molecule has 23 heavy (non-hydrogen) atoms. The second kappa shape index (κ2) is 8.36. The summed E-state index contributed by atoms with van der Waals surface area (Å²) in [6.07, 6.45) is 2.82. The Bertz CT molecular complexity index is 671. The Kier molecular flexibility index (Phi) is 6.20. The molecule has 2 rings (SSSR count). The van der Waals surface area contributed by atoms with E-state index in [0.29, 0.717) is 6.61 Å². The third kappa shape index (κ3) is 5.13. The number of aliphatic carboxylic acids is 1. The predicted molar refractivity (Wildman–Crippen MR) is 92.2 cm³/mol. The maximum atomic E-state index is 10.5. The van der Waals surface area contributed by atoms with Gasteiger partial charge in [0, 0.05) is 29.7 Å². The van der Waals surface area contributed by atoms with Gasteiger partial charge >= 0.3 is 5.97 Å². The van der Waals surface area contributed by atoms with Crippen molar-refractivity contribution in [1.82, 2.24) is 4.98 Å². The normalized spacial score (nSPS) is 10.7. The number of unbranched alkanes of at least 4 members (excludes halogenated alkanes) is 2. The number of pyridine rings is 1. The summed E-state index contributed by atoms with van der Waals surface area (Å²) < 4.78 is 5.57. The standard InChI is InChI=1S/C18H24N2O3/c1-3-23-14-8-9-16-15(12-14)17(11-13(2)20-16)19-10-6-4-5-7-18(21)22/h8-9,11-12H,3-7,10H2,1-2H3,(H,19,20)(H,21,22). The molecule has 2 N–H and O–H groups in total. The molecule has 1 aromatic carbocycles. The van der Waals surface area contributed by atoms with Gasteiger partial charge in [0.25, 0.3) is 0 Å². The summed E-state index contributed by atoms with van der Waals surface area (Å²) in [6.45, 7) is 5.40. The van der Waals surface area contributed by atoms with Gasteiger partial charge in [-0.05, 0) is 51.0 Å². The fourth-order valence-electron chi connectivity index (χ4n) is 2.54. The summed E-state index contributed by atoms with van der Waals surface area (Å²) in [7, 11) is 0. The number of aromatic nitrogens is 1. The van der Waals surface area contributed by atoms with Crippen LogP contribution in [0.15, 0.2) is 24.3 Å². The van der Waals surface area contributed by atoms with Crippen LogP contribution in [0.2, 0.25) is 0 Å². The number of hydrogen-bond donors (Lipinski definition) is 2. The molecule has 0 aliphatic rings. The van der Waals surface area contributed by atoms with E-state index in [2.05, 4.69) is 10.3 Å². The lowest BCUT2D eigenvalue weighted by Gasteiger charge is -2.12. The van der Waals surface area contributed by atoms with Crippen LogP contribution in [0.5, 0.6) is 5.75 Å². The molecular formula is C18H24N2O3. The number of ether oxygens (including phenoxy) is 1. The number of benzene rings is 1. The Morgan fingerprint density at radius 2 is 2.09 bits per heavy atom. The van der Waals surface area contributed by atoms with Gasteiger partial charge in [-0.2, -0.15) is 0 Å². The molecule has 0 amide bonds. The van der Waals surface area contributed by atoms with Gasteiger partial charge in [-0.25, -0.2) is 0 Å². The van der Waals surface area contributed by atoms with E-state index in [4.69, 9.17) is 9.84 Å². The van der Waals surface area contributed by atoms with Crippen LogP contribution in [0.3, 0.4) is 0 Å². The molecule has 0 bridgehead atoms. The number of anilines is 1. The number of carbonyl (C=O) groups is 1. The largest absolute Gasteiger partial charge is 0.494 e. The van der Waals surface area contributed by atoms with Crippen molar-refractivity contribution >= 4 is 22.6 Å². The summed E-state index contributed by atoms with van der Waals surface area (Å²) >= 11 is 0. The highest BCUT2D eigenvalue weighted by atomic mass is 16.5. The molecule has 0 radical (unpaired) electrons. The van der Waals surface area contributed by atoms with Crippen molar-refractivity contribution in [2.45, 2.75) is 39.5 Å². The molecule has 5 nitrogen and oxygen atoms in total. The quantitative estimate of drug-likeness (QED) is 0.684. The zero-order chi connectivity index (χ0) is 16.7. The maximum Gasteiger partial charge on any atom is 0.303 e. The molecule has 0 saturated heterocycles. The number of carboxylic acid groups (broad SMARTS) is 1. The Balaban J connectivity index is 2.03. The molecule has 2 aromatic rings. The number of hydrogen-bond acceptors (Lipinski definition) is 4. The summed E-state index contributed by atoms with van der Waals surface area (Å²) in [5, 5.41) is 13.1. The topological polar surface area (TPSA) is 71.5 Å². The minimum atomic E-state index is -0.725. The lowest BCUT2D eigenvalue weighted by atomic mass is 10.1. The average molecular weight is 316 g/mol.